The molecule has 0 aliphatic heterocycles. The molecule has 1 saturated carbocycles. The molecule has 2 bridgehead atoms. The van der Waals surface area contributed by atoms with Crippen LogP contribution in [0, 0.1) is 11.3 Å². The monoisotopic (exact) mass is 132 g/mol. The predicted molar refractivity (Wildman–Crippen MR) is 42.6 cm³/mol. The van der Waals surface area contributed by atoms with Gasteiger partial charge in [-0.1, -0.05) is 18.7 Å². The van der Waals surface area contributed by atoms with Gasteiger partial charge < -0.3 is 0 Å². The molecular weight excluding hydrogens is 120 g/mol. The first-order chi connectivity index (χ1) is 4.85. The van der Waals surface area contributed by atoms with Crippen LogP contribution in [0.4, 0.5) is 0 Å². The van der Waals surface area contributed by atoms with Gasteiger partial charge in [-0.25, -0.2) is 0 Å². The van der Waals surface area contributed by atoms with Crippen molar-refractivity contribution in [1.29, 1.82) is 0 Å². The molecule has 2 atom stereocenters. The van der Waals surface area contributed by atoms with Crippen LogP contribution in [0.1, 0.15) is 19.3 Å². The topological polar surface area (TPSA) is 0 Å². The van der Waals surface area contributed by atoms with Crippen LogP contribution >= 0.6 is 0 Å². The van der Waals surface area contributed by atoms with Gasteiger partial charge in [0.2, 0.25) is 0 Å². The molecule has 0 saturated heterocycles. The van der Waals surface area contributed by atoms with Gasteiger partial charge in [0.1, 0.15) is 0 Å². The lowest BCUT2D eigenvalue weighted by Crippen LogP contribution is -2.05. The largest absolute Gasteiger partial charge is 0.132 e. The lowest BCUT2D eigenvalue weighted by molar-refractivity contribution is 0.524. The lowest BCUT2D eigenvalue weighted by Gasteiger charge is -2.15. The minimum absolute atomic E-state index is 0.381. The Labute approximate surface area is 61.9 Å². The van der Waals surface area contributed by atoms with E-state index in [1.54, 1.807) is 0 Å². The van der Waals surface area contributed by atoms with Crippen LogP contribution in [0.15, 0.2) is 30.5 Å². The van der Waals surface area contributed by atoms with Crippen molar-refractivity contribution in [1.82, 2.24) is 0 Å². The van der Waals surface area contributed by atoms with E-state index in [-0.39, 0.29) is 0 Å². The SMILES string of the molecule is C=C=CC12C=CC(CC1)C2. The van der Waals surface area contributed by atoms with E-state index in [9.17, 15) is 0 Å². The maximum atomic E-state index is 3.62. The van der Waals surface area contributed by atoms with Gasteiger partial charge in [0.25, 0.3) is 0 Å². The van der Waals surface area contributed by atoms with Crippen molar-refractivity contribution in [2.75, 3.05) is 0 Å². The molecule has 2 aliphatic carbocycles. The summed E-state index contributed by atoms with van der Waals surface area (Å²) < 4.78 is 0. The highest BCUT2D eigenvalue weighted by atomic mass is 14.4. The van der Waals surface area contributed by atoms with Gasteiger partial charge in [0.15, 0.2) is 0 Å². The Morgan fingerprint density at radius 1 is 1.70 bits per heavy atom. The Bertz CT molecular complexity index is 218. The van der Waals surface area contributed by atoms with E-state index >= 15 is 0 Å². The number of hydrogen-bond donors (Lipinski definition) is 0. The smallest absolute Gasteiger partial charge is 0.0142 e. The maximum Gasteiger partial charge on any atom is 0.0142 e. The summed E-state index contributed by atoms with van der Waals surface area (Å²) in [4.78, 5) is 0. The summed E-state index contributed by atoms with van der Waals surface area (Å²) in [7, 11) is 0. The molecule has 0 heteroatoms. The first kappa shape index (κ1) is 6.00. The van der Waals surface area contributed by atoms with E-state index in [0.717, 1.165) is 5.92 Å². The third kappa shape index (κ3) is 0.693. The Morgan fingerprint density at radius 3 is 3.00 bits per heavy atom. The highest BCUT2D eigenvalue weighted by Crippen LogP contribution is 2.49. The first-order valence-corrected chi connectivity index (χ1v) is 3.91. The van der Waals surface area contributed by atoms with Crippen molar-refractivity contribution in [3.63, 3.8) is 0 Å². The standard InChI is InChI=1S/C10H12/c1-2-5-10-6-3-9(8-10)4-7-10/h3,5-6,9H,1,4,7-8H2. The van der Waals surface area contributed by atoms with Crippen LogP contribution in [0.3, 0.4) is 0 Å². The van der Waals surface area contributed by atoms with Gasteiger partial charge in [-0.2, -0.15) is 0 Å². The summed E-state index contributed by atoms with van der Waals surface area (Å²) in [6, 6.07) is 0. The summed E-state index contributed by atoms with van der Waals surface area (Å²) >= 11 is 0. The third-order valence-corrected chi connectivity index (χ3v) is 2.71. The highest BCUT2D eigenvalue weighted by Gasteiger charge is 2.38. The van der Waals surface area contributed by atoms with Crippen LogP contribution in [-0.2, 0) is 0 Å². The molecule has 2 rings (SSSR count). The van der Waals surface area contributed by atoms with Gasteiger partial charge in [0, 0.05) is 5.41 Å². The summed E-state index contributed by atoms with van der Waals surface area (Å²) in [5, 5.41) is 0. The second-order valence-electron chi connectivity index (χ2n) is 3.44. The van der Waals surface area contributed by atoms with Crippen LogP contribution in [-0.4, -0.2) is 0 Å². The average Bonchev–Trinajstić information content (AvgIpc) is 2.46. The number of rotatable bonds is 1. The van der Waals surface area contributed by atoms with E-state index in [1.165, 1.54) is 19.3 Å². The minimum atomic E-state index is 0.381. The molecule has 2 unspecified atom stereocenters. The molecule has 0 aromatic heterocycles. The zero-order valence-corrected chi connectivity index (χ0v) is 6.14. The molecule has 52 valence electrons. The van der Waals surface area contributed by atoms with Crippen molar-refractivity contribution >= 4 is 0 Å². The molecule has 0 aromatic carbocycles. The zero-order chi connectivity index (χ0) is 7.03. The average molecular weight is 132 g/mol. The van der Waals surface area contributed by atoms with Crippen molar-refractivity contribution in [3.8, 4) is 0 Å². The fraction of sp³-hybridized carbons (Fsp3) is 0.500. The molecule has 0 heterocycles. The lowest BCUT2D eigenvalue weighted by atomic mass is 9.88. The second-order valence-corrected chi connectivity index (χ2v) is 3.44. The van der Waals surface area contributed by atoms with E-state index in [1.807, 2.05) is 0 Å². The molecule has 1 fully saturated rings. The molecule has 0 spiro atoms. The summed E-state index contributed by atoms with van der Waals surface area (Å²) in [6.45, 7) is 3.62. The second kappa shape index (κ2) is 1.87. The summed E-state index contributed by atoms with van der Waals surface area (Å²) in [5.41, 5.74) is 3.28. The molecule has 0 aromatic rings. The van der Waals surface area contributed by atoms with Crippen LogP contribution < -0.4 is 0 Å². The van der Waals surface area contributed by atoms with Gasteiger partial charge in [0.05, 0.1) is 0 Å². The highest BCUT2D eigenvalue weighted by molar-refractivity contribution is 5.22. The third-order valence-electron chi connectivity index (χ3n) is 2.71. The Balaban J connectivity index is 2.32. The van der Waals surface area contributed by atoms with Crippen molar-refractivity contribution in [3.05, 3.63) is 30.5 Å². The zero-order valence-electron chi connectivity index (χ0n) is 6.14. The van der Waals surface area contributed by atoms with Crippen LogP contribution in [0.25, 0.3) is 0 Å². The van der Waals surface area contributed by atoms with E-state index in [2.05, 4.69) is 30.5 Å². The Kier molecular flexibility index (Phi) is 1.12. The van der Waals surface area contributed by atoms with E-state index < -0.39 is 0 Å². The minimum Gasteiger partial charge on any atom is -0.132 e. The fourth-order valence-electron chi connectivity index (χ4n) is 2.17. The Morgan fingerprint density at radius 2 is 2.60 bits per heavy atom. The van der Waals surface area contributed by atoms with Gasteiger partial charge in [-0.3, -0.25) is 0 Å². The maximum absolute atomic E-state index is 3.62. The fourth-order valence-corrected chi connectivity index (χ4v) is 2.17. The number of hydrogen-bond acceptors (Lipinski definition) is 0. The van der Waals surface area contributed by atoms with Gasteiger partial charge in [-0.05, 0) is 31.3 Å². The van der Waals surface area contributed by atoms with Crippen molar-refractivity contribution < 1.29 is 0 Å². The van der Waals surface area contributed by atoms with Gasteiger partial charge >= 0.3 is 0 Å². The first-order valence-electron chi connectivity index (χ1n) is 3.91. The van der Waals surface area contributed by atoms with Crippen LogP contribution in [0.5, 0.6) is 0 Å². The molecule has 0 nitrogen and oxygen atoms in total. The van der Waals surface area contributed by atoms with Crippen molar-refractivity contribution in [2.45, 2.75) is 19.3 Å². The quantitative estimate of drug-likeness (QED) is 0.380. The molecular formula is C10H12. The Hall–Kier alpha value is -0.740. The number of fused-ring (bicyclic) bond motifs is 2. The molecule has 0 amide bonds. The molecule has 0 N–H and O–H groups in total. The van der Waals surface area contributed by atoms with Crippen LogP contribution in [0.2, 0.25) is 0 Å². The van der Waals surface area contributed by atoms with E-state index in [4.69, 9.17) is 0 Å². The summed E-state index contributed by atoms with van der Waals surface area (Å²) in [5.74, 6) is 0.865. The molecule has 2 aliphatic rings. The van der Waals surface area contributed by atoms with E-state index in [0.29, 0.717) is 5.41 Å². The van der Waals surface area contributed by atoms with Crippen molar-refractivity contribution in [2.24, 2.45) is 11.3 Å². The normalized spacial score (nSPS) is 41.8. The predicted octanol–water partition coefficient (Wildman–Crippen LogP) is 2.68. The summed E-state index contributed by atoms with van der Waals surface area (Å²) in [6.07, 6.45) is 10.8. The van der Waals surface area contributed by atoms with Gasteiger partial charge in [-0.15, -0.1) is 5.73 Å². The molecule has 0 radical (unpaired) electrons. The molecule has 10 heavy (non-hydrogen) atoms. The number of allylic oxidation sites excluding steroid dienone is 3.